The summed E-state index contributed by atoms with van der Waals surface area (Å²) in [5, 5.41) is 3.30. The first-order valence-corrected chi connectivity index (χ1v) is 7.44. The number of nitrogens with zero attached hydrogens (tertiary/aromatic N) is 1. The monoisotopic (exact) mass is 310 g/mol. The molecule has 124 valence electrons. The first-order chi connectivity index (χ1) is 9.79. The number of nitrogens with one attached hydrogen (secondary N) is 1. The fraction of sp³-hybridized carbons (Fsp3) is 0.929. The van der Waals surface area contributed by atoms with Gasteiger partial charge >= 0.3 is 6.18 Å². The van der Waals surface area contributed by atoms with Crippen LogP contribution in [0.5, 0.6) is 0 Å². The number of ether oxygens (including phenoxy) is 1. The van der Waals surface area contributed by atoms with Crippen LogP contribution in [0.15, 0.2) is 0 Å². The summed E-state index contributed by atoms with van der Waals surface area (Å²) in [4.78, 5) is 13.9. The SMILES string of the molecule is CC(C)N(CC1CCCNC1)C(=O)CCOCC(F)(F)F. The molecule has 1 N–H and O–H groups in total. The predicted molar refractivity (Wildman–Crippen MR) is 73.9 cm³/mol. The number of alkyl halides is 3. The summed E-state index contributed by atoms with van der Waals surface area (Å²) in [6, 6.07) is 0.0436. The van der Waals surface area contributed by atoms with Gasteiger partial charge in [-0.05, 0) is 45.7 Å². The molecule has 1 rings (SSSR count). The Morgan fingerprint density at radius 3 is 2.67 bits per heavy atom. The lowest BCUT2D eigenvalue weighted by Crippen LogP contribution is -2.44. The van der Waals surface area contributed by atoms with Crippen molar-refractivity contribution in [1.29, 1.82) is 0 Å². The molecular formula is C14H25F3N2O2. The van der Waals surface area contributed by atoms with Gasteiger partial charge in [0.2, 0.25) is 5.91 Å². The van der Waals surface area contributed by atoms with E-state index < -0.39 is 12.8 Å². The van der Waals surface area contributed by atoms with E-state index in [1.54, 1.807) is 4.90 Å². The van der Waals surface area contributed by atoms with Crippen molar-refractivity contribution in [2.24, 2.45) is 5.92 Å². The number of amides is 1. The zero-order valence-electron chi connectivity index (χ0n) is 12.7. The van der Waals surface area contributed by atoms with Gasteiger partial charge in [-0.15, -0.1) is 0 Å². The van der Waals surface area contributed by atoms with E-state index in [0.29, 0.717) is 12.5 Å². The fourth-order valence-corrected chi connectivity index (χ4v) is 2.45. The molecule has 0 radical (unpaired) electrons. The summed E-state index contributed by atoms with van der Waals surface area (Å²) in [5.41, 5.74) is 0. The van der Waals surface area contributed by atoms with Crippen molar-refractivity contribution < 1.29 is 22.7 Å². The molecule has 1 fully saturated rings. The summed E-state index contributed by atoms with van der Waals surface area (Å²) in [7, 11) is 0. The third-order valence-corrected chi connectivity index (χ3v) is 3.52. The van der Waals surface area contributed by atoms with E-state index >= 15 is 0 Å². The number of rotatable bonds is 7. The van der Waals surface area contributed by atoms with E-state index in [1.807, 2.05) is 13.8 Å². The Labute approximate surface area is 124 Å². The van der Waals surface area contributed by atoms with Gasteiger partial charge in [-0.1, -0.05) is 0 Å². The second kappa shape index (κ2) is 8.58. The number of carbonyl (C=O) groups is 1. The van der Waals surface area contributed by atoms with E-state index in [9.17, 15) is 18.0 Å². The highest BCUT2D eigenvalue weighted by atomic mass is 19.4. The van der Waals surface area contributed by atoms with Gasteiger partial charge < -0.3 is 15.0 Å². The molecule has 21 heavy (non-hydrogen) atoms. The van der Waals surface area contributed by atoms with Crippen LogP contribution in [0.4, 0.5) is 13.2 Å². The van der Waals surface area contributed by atoms with E-state index in [2.05, 4.69) is 10.1 Å². The number of hydrogen-bond acceptors (Lipinski definition) is 3. The number of carbonyl (C=O) groups excluding carboxylic acids is 1. The Balaban J connectivity index is 2.35. The van der Waals surface area contributed by atoms with Crippen molar-refractivity contribution in [3.8, 4) is 0 Å². The molecule has 1 amide bonds. The highest BCUT2D eigenvalue weighted by molar-refractivity contribution is 5.76. The minimum Gasteiger partial charge on any atom is -0.372 e. The van der Waals surface area contributed by atoms with Gasteiger partial charge in [0.1, 0.15) is 6.61 Å². The fourth-order valence-electron chi connectivity index (χ4n) is 2.45. The summed E-state index contributed by atoms with van der Waals surface area (Å²) in [6.07, 6.45) is -2.17. The Bertz CT molecular complexity index is 316. The topological polar surface area (TPSA) is 41.6 Å². The van der Waals surface area contributed by atoms with Crippen molar-refractivity contribution in [3.05, 3.63) is 0 Å². The average molecular weight is 310 g/mol. The first kappa shape index (κ1) is 18.2. The molecule has 1 heterocycles. The van der Waals surface area contributed by atoms with Gasteiger partial charge in [-0.2, -0.15) is 13.2 Å². The molecule has 1 aliphatic rings. The zero-order valence-corrected chi connectivity index (χ0v) is 12.7. The minimum atomic E-state index is -4.34. The van der Waals surface area contributed by atoms with Gasteiger partial charge in [0.15, 0.2) is 0 Å². The molecular weight excluding hydrogens is 285 g/mol. The average Bonchev–Trinajstić information content (AvgIpc) is 2.40. The Morgan fingerprint density at radius 2 is 2.14 bits per heavy atom. The molecule has 7 heteroatoms. The van der Waals surface area contributed by atoms with Crippen molar-refractivity contribution in [2.75, 3.05) is 32.8 Å². The molecule has 4 nitrogen and oxygen atoms in total. The second-order valence-corrected chi connectivity index (χ2v) is 5.77. The summed E-state index contributed by atoms with van der Waals surface area (Å²) in [6.45, 7) is 4.91. The Morgan fingerprint density at radius 1 is 1.43 bits per heavy atom. The number of halogens is 3. The number of piperidine rings is 1. The Kier molecular flexibility index (Phi) is 7.45. The maximum Gasteiger partial charge on any atom is 0.411 e. The van der Waals surface area contributed by atoms with Crippen LogP contribution in [0.2, 0.25) is 0 Å². The highest BCUT2D eigenvalue weighted by Gasteiger charge is 2.28. The summed E-state index contributed by atoms with van der Waals surface area (Å²) >= 11 is 0. The maximum absolute atomic E-state index is 12.1. The molecule has 1 saturated heterocycles. The maximum atomic E-state index is 12.1. The van der Waals surface area contributed by atoms with Crippen LogP contribution >= 0.6 is 0 Å². The summed E-state index contributed by atoms with van der Waals surface area (Å²) in [5.74, 6) is 0.277. The van der Waals surface area contributed by atoms with E-state index in [4.69, 9.17) is 0 Å². The van der Waals surface area contributed by atoms with Crippen molar-refractivity contribution in [3.63, 3.8) is 0 Å². The van der Waals surface area contributed by atoms with Crippen LogP contribution in [0.3, 0.4) is 0 Å². The predicted octanol–water partition coefficient (Wildman–Crippen LogP) is 2.19. The highest BCUT2D eigenvalue weighted by Crippen LogP contribution is 2.16. The molecule has 1 unspecified atom stereocenters. The first-order valence-electron chi connectivity index (χ1n) is 7.44. The van der Waals surface area contributed by atoms with Gasteiger partial charge in [-0.25, -0.2) is 0 Å². The van der Waals surface area contributed by atoms with Crippen LogP contribution in [0.25, 0.3) is 0 Å². The molecule has 0 spiro atoms. The molecule has 0 aromatic carbocycles. The van der Waals surface area contributed by atoms with Crippen LogP contribution < -0.4 is 5.32 Å². The molecule has 0 bridgehead atoms. The van der Waals surface area contributed by atoms with E-state index in [-0.39, 0.29) is 25.0 Å². The molecule has 1 atom stereocenters. The van der Waals surface area contributed by atoms with Gasteiger partial charge in [0.05, 0.1) is 13.0 Å². The lowest BCUT2D eigenvalue weighted by molar-refractivity contribution is -0.175. The third-order valence-electron chi connectivity index (χ3n) is 3.52. The van der Waals surface area contributed by atoms with Gasteiger partial charge in [0.25, 0.3) is 0 Å². The molecule has 0 aromatic heterocycles. The van der Waals surface area contributed by atoms with Crippen LogP contribution in [0, 0.1) is 5.92 Å². The lowest BCUT2D eigenvalue weighted by atomic mass is 9.98. The van der Waals surface area contributed by atoms with E-state index in [1.165, 1.54) is 0 Å². The molecule has 0 aliphatic carbocycles. The zero-order chi connectivity index (χ0) is 15.9. The minimum absolute atomic E-state index is 0.00555. The standard InChI is InChI=1S/C14H25F3N2O2/c1-11(2)19(9-12-4-3-6-18-8-12)13(20)5-7-21-10-14(15,16)17/h11-12,18H,3-10H2,1-2H3. The third kappa shape index (κ3) is 7.66. The van der Waals surface area contributed by atoms with Crippen LogP contribution in [-0.4, -0.2) is 55.9 Å². The van der Waals surface area contributed by atoms with Crippen molar-refractivity contribution in [1.82, 2.24) is 10.2 Å². The smallest absolute Gasteiger partial charge is 0.372 e. The molecule has 0 aromatic rings. The Hall–Kier alpha value is -0.820. The van der Waals surface area contributed by atoms with Crippen molar-refractivity contribution >= 4 is 5.91 Å². The lowest BCUT2D eigenvalue weighted by Gasteiger charge is -2.33. The normalized spacial score (nSPS) is 19.8. The quantitative estimate of drug-likeness (QED) is 0.733. The molecule has 1 aliphatic heterocycles. The molecule has 0 saturated carbocycles. The van der Waals surface area contributed by atoms with Crippen LogP contribution in [0.1, 0.15) is 33.1 Å². The van der Waals surface area contributed by atoms with Crippen LogP contribution in [-0.2, 0) is 9.53 Å². The summed E-state index contributed by atoms with van der Waals surface area (Å²) < 4.78 is 40.3. The van der Waals surface area contributed by atoms with Crippen molar-refractivity contribution in [2.45, 2.75) is 45.3 Å². The largest absolute Gasteiger partial charge is 0.411 e. The van der Waals surface area contributed by atoms with E-state index in [0.717, 1.165) is 25.9 Å². The van der Waals surface area contributed by atoms with Gasteiger partial charge in [-0.3, -0.25) is 4.79 Å². The number of hydrogen-bond donors (Lipinski definition) is 1. The van der Waals surface area contributed by atoms with Gasteiger partial charge in [0, 0.05) is 12.6 Å². The second-order valence-electron chi connectivity index (χ2n) is 5.77.